The first-order valence-electron chi connectivity index (χ1n) is 11.8. The molecule has 3 heterocycles. The second-order valence-corrected chi connectivity index (χ2v) is 8.44. The van der Waals surface area contributed by atoms with Gasteiger partial charge in [-0.05, 0) is 30.2 Å². The number of fused-ring (bicyclic) bond motifs is 1. The third-order valence-electron chi connectivity index (χ3n) is 6.21. The van der Waals surface area contributed by atoms with Crippen molar-refractivity contribution in [2.45, 2.75) is 32.4 Å². The van der Waals surface area contributed by atoms with E-state index in [2.05, 4.69) is 4.98 Å². The second kappa shape index (κ2) is 11.5. The summed E-state index contributed by atoms with van der Waals surface area (Å²) >= 11 is 0. The summed E-state index contributed by atoms with van der Waals surface area (Å²) < 4.78 is 17.7. The Bertz CT molecular complexity index is 1290. The van der Waals surface area contributed by atoms with Crippen molar-refractivity contribution in [1.29, 1.82) is 0 Å². The number of esters is 1. The lowest BCUT2D eigenvalue weighted by atomic mass is 10.1. The van der Waals surface area contributed by atoms with Crippen LogP contribution in [0, 0.1) is 0 Å². The number of hydrogen-bond donors (Lipinski definition) is 0. The molecule has 188 valence electrons. The monoisotopic (exact) mass is 491 g/mol. The van der Waals surface area contributed by atoms with Crippen LogP contribution in [0.15, 0.2) is 59.7 Å². The molecule has 0 saturated heterocycles. The van der Waals surface area contributed by atoms with E-state index in [-0.39, 0.29) is 35.9 Å². The molecule has 0 saturated carbocycles. The van der Waals surface area contributed by atoms with Crippen LogP contribution >= 0.6 is 0 Å². The molecule has 0 bridgehead atoms. The third kappa shape index (κ3) is 5.73. The van der Waals surface area contributed by atoms with Gasteiger partial charge in [-0.3, -0.25) is 14.6 Å². The largest absolute Gasteiger partial charge is 0.497 e. The van der Waals surface area contributed by atoms with E-state index < -0.39 is 5.97 Å². The van der Waals surface area contributed by atoms with Gasteiger partial charge in [0.2, 0.25) is 5.91 Å². The van der Waals surface area contributed by atoms with E-state index in [0.29, 0.717) is 38.0 Å². The molecule has 0 N–H and O–H groups in total. The number of aryl methyl sites for hydroxylation is 1. The molecule has 0 unspecified atom stereocenters. The van der Waals surface area contributed by atoms with E-state index in [1.165, 1.54) is 13.2 Å². The zero-order chi connectivity index (χ0) is 25.5. The maximum atomic E-state index is 13.0. The summed E-state index contributed by atoms with van der Waals surface area (Å²) in [5.41, 5.74) is 2.26. The number of rotatable bonds is 8. The van der Waals surface area contributed by atoms with Crippen molar-refractivity contribution in [3.05, 3.63) is 87.6 Å². The summed E-state index contributed by atoms with van der Waals surface area (Å²) in [5, 5.41) is 0. The van der Waals surface area contributed by atoms with Crippen molar-refractivity contribution < 1.29 is 23.8 Å². The lowest BCUT2D eigenvalue weighted by molar-refractivity contribution is -0.131. The average molecular weight is 492 g/mol. The van der Waals surface area contributed by atoms with Crippen LogP contribution in [0.1, 0.15) is 33.6 Å². The van der Waals surface area contributed by atoms with Crippen LogP contribution < -0.4 is 15.0 Å². The highest BCUT2D eigenvalue weighted by atomic mass is 16.5. The Balaban J connectivity index is 1.51. The zero-order valence-electron chi connectivity index (χ0n) is 20.4. The number of carbonyl (C=O) groups is 2. The maximum Gasteiger partial charge on any atom is 0.343 e. The molecule has 0 radical (unpaired) electrons. The smallest absolute Gasteiger partial charge is 0.343 e. The molecule has 1 aromatic carbocycles. The van der Waals surface area contributed by atoms with E-state index in [1.807, 2.05) is 30.3 Å². The Labute approximate surface area is 209 Å². The van der Waals surface area contributed by atoms with Gasteiger partial charge in [0.25, 0.3) is 5.56 Å². The van der Waals surface area contributed by atoms with Gasteiger partial charge in [-0.15, -0.1) is 0 Å². The predicted molar refractivity (Wildman–Crippen MR) is 132 cm³/mol. The molecule has 3 aromatic rings. The summed E-state index contributed by atoms with van der Waals surface area (Å²) in [6.45, 7) is 1.19. The summed E-state index contributed by atoms with van der Waals surface area (Å²) in [6, 6.07) is 12.6. The molecule has 0 atom stereocenters. The van der Waals surface area contributed by atoms with Crippen LogP contribution in [0.4, 0.5) is 0 Å². The first kappa shape index (κ1) is 25.0. The van der Waals surface area contributed by atoms with Gasteiger partial charge in [-0.2, -0.15) is 0 Å². The maximum absolute atomic E-state index is 13.0. The standard InChI is InChI=1S/C27H29N3O6/c1-34-21-7-3-5-19(15-21)8-9-24(31)29-12-10-22-26(27(33)35-2)23(16-25(32)30(22)14-13-29)36-18-20-6-4-11-28-17-20/h3-7,11,15-17H,8-10,12-14,18H2,1-2H3. The lowest BCUT2D eigenvalue weighted by Gasteiger charge is -2.20. The van der Waals surface area contributed by atoms with E-state index in [4.69, 9.17) is 14.2 Å². The van der Waals surface area contributed by atoms with E-state index in [1.54, 1.807) is 35.0 Å². The molecular weight excluding hydrogens is 462 g/mol. The zero-order valence-corrected chi connectivity index (χ0v) is 20.4. The number of amides is 1. The van der Waals surface area contributed by atoms with Crippen LogP contribution in [-0.2, 0) is 35.5 Å². The van der Waals surface area contributed by atoms with Crippen LogP contribution in [0.25, 0.3) is 0 Å². The molecule has 9 nitrogen and oxygen atoms in total. The fourth-order valence-electron chi connectivity index (χ4n) is 4.32. The van der Waals surface area contributed by atoms with Crippen molar-refractivity contribution in [2.75, 3.05) is 27.3 Å². The lowest BCUT2D eigenvalue weighted by Crippen LogP contribution is -2.34. The molecule has 1 aliphatic rings. The van der Waals surface area contributed by atoms with Crippen LogP contribution in [0.3, 0.4) is 0 Å². The quantitative estimate of drug-likeness (QED) is 0.447. The van der Waals surface area contributed by atoms with Crippen molar-refractivity contribution in [1.82, 2.24) is 14.5 Å². The molecule has 2 aromatic heterocycles. The summed E-state index contributed by atoms with van der Waals surface area (Å²) in [7, 11) is 2.90. The van der Waals surface area contributed by atoms with Gasteiger partial charge in [0.1, 0.15) is 23.7 Å². The average Bonchev–Trinajstić information content (AvgIpc) is 3.14. The van der Waals surface area contributed by atoms with Crippen LogP contribution in [-0.4, -0.2) is 53.6 Å². The molecule has 0 aliphatic carbocycles. The number of nitrogens with zero attached hydrogens (tertiary/aromatic N) is 3. The topological polar surface area (TPSA) is 100.0 Å². The van der Waals surface area contributed by atoms with Crippen LogP contribution in [0.2, 0.25) is 0 Å². The van der Waals surface area contributed by atoms with E-state index >= 15 is 0 Å². The number of pyridine rings is 2. The van der Waals surface area contributed by atoms with Gasteiger partial charge in [0.15, 0.2) is 0 Å². The van der Waals surface area contributed by atoms with Crippen molar-refractivity contribution >= 4 is 11.9 Å². The SMILES string of the molecule is COC(=O)c1c(OCc2cccnc2)cc(=O)n2c1CCN(C(=O)CCc1cccc(OC)c1)CC2. The fourth-order valence-corrected chi connectivity index (χ4v) is 4.32. The van der Waals surface area contributed by atoms with Gasteiger partial charge in [0.05, 0.1) is 14.2 Å². The number of benzene rings is 1. The highest BCUT2D eigenvalue weighted by molar-refractivity contribution is 5.93. The number of ether oxygens (including phenoxy) is 3. The van der Waals surface area contributed by atoms with Gasteiger partial charge in [0, 0.05) is 62.2 Å². The summed E-state index contributed by atoms with van der Waals surface area (Å²) in [6.07, 6.45) is 4.56. The number of aromatic nitrogens is 2. The molecular formula is C27H29N3O6. The molecule has 4 rings (SSSR count). The minimum atomic E-state index is -0.585. The molecule has 0 fully saturated rings. The third-order valence-corrected chi connectivity index (χ3v) is 6.21. The number of carbonyl (C=O) groups excluding carboxylic acids is 2. The molecule has 1 amide bonds. The van der Waals surface area contributed by atoms with Crippen molar-refractivity contribution in [3.8, 4) is 11.5 Å². The highest BCUT2D eigenvalue weighted by Crippen LogP contribution is 2.25. The Hall–Kier alpha value is -4.14. The Morgan fingerprint density at radius 2 is 1.86 bits per heavy atom. The molecule has 1 aliphatic heterocycles. The van der Waals surface area contributed by atoms with Crippen LogP contribution in [0.5, 0.6) is 11.5 Å². The number of hydrogen-bond acceptors (Lipinski definition) is 7. The summed E-state index contributed by atoms with van der Waals surface area (Å²) in [4.78, 5) is 44.5. The number of methoxy groups -OCH3 is 2. The first-order chi connectivity index (χ1) is 17.5. The Kier molecular flexibility index (Phi) is 7.99. The Morgan fingerprint density at radius 1 is 1.03 bits per heavy atom. The first-order valence-corrected chi connectivity index (χ1v) is 11.8. The van der Waals surface area contributed by atoms with E-state index in [0.717, 1.165) is 16.9 Å². The van der Waals surface area contributed by atoms with Gasteiger partial charge in [-0.1, -0.05) is 18.2 Å². The van der Waals surface area contributed by atoms with Gasteiger partial charge >= 0.3 is 5.97 Å². The summed E-state index contributed by atoms with van der Waals surface area (Å²) in [5.74, 6) is 0.324. The fraction of sp³-hybridized carbons (Fsp3) is 0.333. The minimum Gasteiger partial charge on any atom is -0.497 e. The molecule has 0 spiro atoms. The second-order valence-electron chi connectivity index (χ2n) is 8.44. The highest BCUT2D eigenvalue weighted by Gasteiger charge is 2.27. The Morgan fingerprint density at radius 3 is 2.61 bits per heavy atom. The predicted octanol–water partition coefficient (Wildman–Crippen LogP) is 2.64. The van der Waals surface area contributed by atoms with Crippen molar-refractivity contribution in [2.24, 2.45) is 0 Å². The molecule has 9 heteroatoms. The molecule has 36 heavy (non-hydrogen) atoms. The van der Waals surface area contributed by atoms with Gasteiger partial charge in [-0.25, -0.2) is 4.79 Å². The van der Waals surface area contributed by atoms with Gasteiger partial charge < -0.3 is 23.7 Å². The van der Waals surface area contributed by atoms with Crippen molar-refractivity contribution in [3.63, 3.8) is 0 Å². The normalized spacial score (nSPS) is 12.9. The van der Waals surface area contributed by atoms with E-state index in [9.17, 15) is 14.4 Å². The minimum absolute atomic E-state index is 0.00801.